The van der Waals surface area contributed by atoms with Gasteiger partial charge in [0.15, 0.2) is 11.5 Å². The van der Waals surface area contributed by atoms with Crippen molar-refractivity contribution in [3.8, 4) is 11.5 Å². The Morgan fingerprint density at radius 1 is 1.33 bits per heavy atom. The van der Waals surface area contributed by atoms with E-state index in [1.807, 2.05) is 12.1 Å². The molecule has 2 saturated carbocycles. The van der Waals surface area contributed by atoms with Crippen molar-refractivity contribution in [1.82, 2.24) is 0 Å². The molecule has 0 unspecified atom stereocenters. The van der Waals surface area contributed by atoms with Crippen LogP contribution in [0.15, 0.2) is 18.2 Å². The van der Waals surface area contributed by atoms with Gasteiger partial charge in [0.25, 0.3) is 0 Å². The first kappa shape index (κ1) is 11.8. The van der Waals surface area contributed by atoms with Crippen molar-refractivity contribution >= 4 is 0 Å². The van der Waals surface area contributed by atoms with Crippen molar-refractivity contribution in [2.75, 3.05) is 13.7 Å². The molecular weight excluding hydrogens is 226 g/mol. The number of benzene rings is 1. The van der Waals surface area contributed by atoms with E-state index < -0.39 is 0 Å². The Morgan fingerprint density at radius 3 is 2.61 bits per heavy atom. The van der Waals surface area contributed by atoms with Crippen LogP contribution in [0.1, 0.15) is 37.7 Å². The van der Waals surface area contributed by atoms with E-state index in [1.165, 1.54) is 12.0 Å². The lowest BCUT2D eigenvalue weighted by molar-refractivity contribution is 0.114. The summed E-state index contributed by atoms with van der Waals surface area (Å²) in [4.78, 5) is 0. The molecule has 0 aliphatic heterocycles. The maximum atomic E-state index is 6.15. The van der Waals surface area contributed by atoms with E-state index in [1.54, 1.807) is 7.11 Å². The van der Waals surface area contributed by atoms with Crippen LogP contribution in [0.4, 0.5) is 0 Å². The molecule has 2 aliphatic rings. The predicted octanol–water partition coefficient (Wildman–Crippen LogP) is 2.62. The van der Waals surface area contributed by atoms with Crippen LogP contribution in [-0.4, -0.2) is 19.8 Å². The molecular formula is C15H21NO2. The summed E-state index contributed by atoms with van der Waals surface area (Å²) in [5.74, 6) is 1.78. The van der Waals surface area contributed by atoms with Crippen molar-refractivity contribution in [3.63, 3.8) is 0 Å². The lowest BCUT2D eigenvalue weighted by Crippen LogP contribution is -2.27. The van der Waals surface area contributed by atoms with Gasteiger partial charge in [0.05, 0.1) is 13.2 Å². The number of para-hydroxylation sites is 1. The van der Waals surface area contributed by atoms with Crippen LogP contribution < -0.4 is 15.2 Å². The summed E-state index contributed by atoms with van der Waals surface area (Å²) in [6.07, 6.45) is 6.29. The minimum Gasteiger partial charge on any atom is -0.493 e. The molecule has 0 spiro atoms. The second-order valence-electron chi connectivity index (χ2n) is 5.49. The van der Waals surface area contributed by atoms with Crippen LogP contribution in [0.2, 0.25) is 0 Å². The zero-order valence-electron chi connectivity index (χ0n) is 10.9. The van der Waals surface area contributed by atoms with Crippen LogP contribution >= 0.6 is 0 Å². The Balaban J connectivity index is 1.95. The molecule has 0 atom stereocenters. The third-order valence-electron chi connectivity index (χ3n) is 4.35. The fourth-order valence-electron chi connectivity index (χ4n) is 2.61. The van der Waals surface area contributed by atoms with Crippen molar-refractivity contribution in [3.05, 3.63) is 23.8 Å². The van der Waals surface area contributed by atoms with Crippen LogP contribution in [0.3, 0.4) is 0 Å². The minimum absolute atomic E-state index is 0.146. The highest BCUT2D eigenvalue weighted by molar-refractivity contribution is 5.52. The smallest absolute Gasteiger partial charge is 0.165 e. The monoisotopic (exact) mass is 247 g/mol. The molecule has 18 heavy (non-hydrogen) atoms. The molecule has 0 saturated heterocycles. The normalized spacial score (nSPS) is 21.2. The fraction of sp³-hybridized carbons (Fsp3) is 0.600. The van der Waals surface area contributed by atoms with E-state index in [-0.39, 0.29) is 5.41 Å². The van der Waals surface area contributed by atoms with Gasteiger partial charge >= 0.3 is 0 Å². The summed E-state index contributed by atoms with van der Waals surface area (Å²) in [7, 11) is 1.70. The van der Waals surface area contributed by atoms with Gasteiger partial charge in [-0.15, -0.1) is 0 Å². The first-order chi connectivity index (χ1) is 8.79. The molecule has 0 heterocycles. The third kappa shape index (κ3) is 1.87. The molecule has 3 rings (SSSR count). The lowest BCUT2D eigenvalue weighted by Gasteiger charge is -2.29. The quantitative estimate of drug-likeness (QED) is 0.870. The van der Waals surface area contributed by atoms with Gasteiger partial charge in [-0.05, 0) is 38.2 Å². The number of hydrogen-bond donors (Lipinski definition) is 1. The molecule has 2 aliphatic carbocycles. The number of hydrogen-bond acceptors (Lipinski definition) is 3. The van der Waals surface area contributed by atoms with Gasteiger partial charge in [-0.2, -0.15) is 0 Å². The van der Waals surface area contributed by atoms with E-state index in [9.17, 15) is 0 Å². The average molecular weight is 247 g/mol. The summed E-state index contributed by atoms with van der Waals surface area (Å²) in [5, 5.41) is 0. The second kappa shape index (κ2) is 4.47. The molecule has 0 aromatic heterocycles. The second-order valence-corrected chi connectivity index (χ2v) is 5.49. The number of rotatable bonds is 5. The van der Waals surface area contributed by atoms with E-state index in [0.717, 1.165) is 37.2 Å². The van der Waals surface area contributed by atoms with Crippen molar-refractivity contribution < 1.29 is 9.47 Å². The topological polar surface area (TPSA) is 44.5 Å². The maximum absolute atomic E-state index is 6.15. The average Bonchev–Trinajstić information content (AvgIpc) is 3.14. The number of ether oxygens (including phenoxy) is 2. The van der Waals surface area contributed by atoms with Crippen LogP contribution in [0.5, 0.6) is 11.5 Å². The molecule has 1 aromatic rings. The Kier molecular flexibility index (Phi) is 2.94. The van der Waals surface area contributed by atoms with Gasteiger partial charge in [0.1, 0.15) is 0 Å². The van der Waals surface area contributed by atoms with Gasteiger partial charge in [0, 0.05) is 17.5 Å². The highest BCUT2D eigenvalue weighted by Crippen LogP contribution is 2.53. The molecule has 0 amide bonds. The number of methoxy groups -OCH3 is 1. The summed E-state index contributed by atoms with van der Waals surface area (Å²) >= 11 is 0. The summed E-state index contributed by atoms with van der Waals surface area (Å²) in [5.41, 5.74) is 7.34. The standard InChI is InChI=1S/C15H21NO2/c1-17-13-7-3-6-12(15(10-16)8-9-15)14(13)18-11-4-2-5-11/h3,6-7,11H,2,4-5,8-10,16H2,1H3. The number of nitrogens with two attached hydrogens (primary N) is 1. The SMILES string of the molecule is COc1cccc(C2(CN)CC2)c1OC1CCC1. The van der Waals surface area contributed by atoms with Crippen molar-refractivity contribution in [2.45, 2.75) is 43.6 Å². The first-order valence-corrected chi connectivity index (χ1v) is 6.83. The van der Waals surface area contributed by atoms with Crippen LogP contribution in [0.25, 0.3) is 0 Å². The van der Waals surface area contributed by atoms with Crippen LogP contribution in [0, 0.1) is 0 Å². The molecule has 2 N–H and O–H groups in total. The van der Waals surface area contributed by atoms with Crippen molar-refractivity contribution in [2.24, 2.45) is 5.73 Å². The van der Waals surface area contributed by atoms with Gasteiger partial charge in [-0.1, -0.05) is 12.1 Å². The molecule has 0 bridgehead atoms. The summed E-state index contributed by atoms with van der Waals surface area (Å²) in [6, 6.07) is 6.16. The molecule has 3 nitrogen and oxygen atoms in total. The Bertz CT molecular complexity index is 436. The van der Waals surface area contributed by atoms with E-state index in [2.05, 4.69) is 6.07 Å². The third-order valence-corrected chi connectivity index (χ3v) is 4.35. The zero-order valence-corrected chi connectivity index (χ0v) is 10.9. The Morgan fingerprint density at radius 2 is 2.11 bits per heavy atom. The van der Waals surface area contributed by atoms with Gasteiger partial charge < -0.3 is 15.2 Å². The summed E-state index contributed by atoms with van der Waals surface area (Å²) in [6.45, 7) is 0.696. The predicted molar refractivity (Wildman–Crippen MR) is 71.2 cm³/mol. The minimum atomic E-state index is 0.146. The Hall–Kier alpha value is -1.22. The lowest BCUT2D eigenvalue weighted by atomic mass is 9.93. The molecule has 2 fully saturated rings. The maximum Gasteiger partial charge on any atom is 0.165 e. The van der Waals surface area contributed by atoms with E-state index in [0.29, 0.717) is 12.6 Å². The van der Waals surface area contributed by atoms with Gasteiger partial charge in [-0.3, -0.25) is 0 Å². The molecule has 0 radical (unpaired) electrons. The first-order valence-electron chi connectivity index (χ1n) is 6.83. The van der Waals surface area contributed by atoms with E-state index >= 15 is 0 Å². The highest BCUT2D eigenvalue weighted by Gasteiger charge is 2.45. The Labute approximate surface area is 108 Å². The van der Waals surface area contributed by atoms with E-state index in [4.69, 9.17) is 15.2 Å². The van der Waals surface area contributed by atoms with Crippen LogP contribution in [-0.2, 0) is 5.41 Å². The summed E-state index contributed by atoms with van der Waals surface area (Å²) < 4.78 is 11.6. The van der Waals surface area contributed by atoms with Gasteiger partial charge in [0.2, 0.25) is 0 Å². The molecule has 3 heteroatoms. The fourth-order valence-corrected chi connectivity index (χ4v) is 2.61. The molecule has 98 valence electrons. The van der Waals surface area contributed by atoms with Gasteiger partial charge in [-0.25, -0.2) is 0 Å². The van der Waals surface area contributed by atoms with Crippen molar-refractivity contribution in [1.29, 1.82) is 0 Å². The zero-order chi connectivity index (χ0) is 12.6. The molecule has 1 aromatic carbocycles. The largest absolute Gasteiger partial charge is 0.493 e. The highest BCUT2D eigenvalue weighted by atomic mass is 16.5.